The first kappa shape index (κ1) is 11.4. The Morgan fingerprint density at radius 3 is 2.67 bits per heavy atom. The summed E-state index contributed by atoms with van der Waals surface area (Å²) in [4.78, 5) is 10.5. The van der Waals surface area contributed by atoms with E-state index in [1.165, 1.54) is 0 Å². The van der Waals surface area contributed by atoms with E-state index in [9.17, 15) is 4.79 Å². The van der Waals surface area contributed by atoms with Gasteiger partial charge in [-0.15, -0.1) is 0 Å². The van der Waals surface area contributed by atoms with Crippen LogP contribution in [0.25, 0.3) is 0 Å². The van der Waals surface area contributed by atoms with Crippen LogP contribution >= 0.6 is 0 Å². The average Bonchev–Trinajstić information content (AvgIpc) is 2.03. The van der Waals surface area contributed by atoms with E-state index in [0.717, 1.165) is 19.4 Å². The molecule has 0 unspecified atom stereocenters. The molecule has 0 heterocycles. The van der Waals surface area contributed by atoms with Crippen molar-refractivity contribution < 1.29 is 9.90 Å². The van der Waals surface area contributed by atoms with Crippen molar-refractivity contribution in [3.63, 3.8) is 0 Å². The second-order valence-electron chi connectivity index (χ2n) is 2.66. The maximum Gasteiger partial charge on any atom is 0.234 e. The second-order valence-corrected chi connectivity index (χ2v) is 2.66. The molecule has 0 aliphatic carbocycles. The fourth-order valence-electron chi connectivity index (χ4n) is 0.836. The van der Waals surface area contributed by atoms with Crippen molar-refractivity contribution >= 4 is 5.91 Å². The van der Waals surface area contributed by atoms with Crippen LogP contribution in [-0.4, -0.2) is 30.3 Å². The van der Waals surface area contributed by atoms with E-state index in [-0.39, 0.29) is 6.73 Å². The minimum Gasteiger partial charge on any atom is -0.381 e. The second kappa shape index (κ2) is 7.02. The lowest BCUT2D eigenvalue weighted by Gasteiger charge is -2.06. The van der Waals surface area contributed by atoms with Crippen LogP contribution in [0.2, 0.25) is 0 Å². The zero-order chi connectivity index (χ0) is 9.40. The molecule has 0 radical (unpaired) electrons. The molecule has 12 heavy (non-hydrogen) atoms. The van der Waals surface area contributed by atoms with E-state index in [2.05, 4.69) is 5.32 Å². The number of rotatable bonds is 7. The SMILES string of the molecule is NC(=O)[C@@H](N)CCCCNCO. The molecule has 0 aliphatic heterocycles. The van der Waals surface area contributed by atoms with E-state index >= 15 is 0 Å². The summed E-state index contributed by atoms with van der Waals surface area (Å²) in [5.74, 6) is -0.454. The van der Waals surface area contributed by atoms with E-state index in [1.807, 2.05) is 0 Å². The molecule has 5 heteroatoms. The van der Waals surface area contributed by atoms with Gasteiger partial charge in [-0.05, 0) is 19.4 Å². The summed E-state index contributed by atoms with van der Waals surface area (Å²) < 4.78 is 0. The van der Waals surface area contributed by atoms with Crippen molar-refractivity contribution in [2.24, 2.45) is 11.5 Å². The first-order valence-corrected chi connectivity index (χ1v) is 4.05. The molecule has 0 rings (SSSR count). The highest BCUT2D eigenvalue weighted by Crippen LogP contribution is 1.96. The van der Waals surface area contributed by atoms with Crippen LogP contribution in [0, 0.1) is 0 Å². The Morgan fingerprint density at radius 2 is 2.17 bits per heavy atom. The molecular weight excluding hydrogens is 158 g/mol. The van der Waals surface area contributed by atoms with Crippen molar-refractivity contribution in [1.29, 1.82) is 0 Å². The van der Waals surface area contributed by atoms with E-state index in [0.29, 0.717) is 6.42 Å². The molecule has 0 fully saturated rings. The fraction of sp³-hybridized carbons (Fsp3) is 0.857. The number of hydrogen-bond acceptors (Lipinski definition) is 4. The van der Waals surface area contributed by atoms with Crippen molar-refractivity contribution in [2.45, 2.75) is 25.3 Å². The molecule has 72 valence electrons. The van der Waals surface area contributed by atoms with Gasteiger partial charge in [0, 0.05) is 0 Å². The molecule has 0 aromatic carbocycles. The number of carbonyl (C=O) groups excluding carboxylic acids is 1. The average molecular weight is 175 g/mol. The maximum absolute atomic E-state index is 10.5. The number of hydrogen-bond donors (Lipinski definition) is 4. The van der Waals surface area contributed by atoms with Gasteiger partial charge in [0.2, 0.25) is 5.91 Å². The van der Waals surface area contributed by atoms with Crippen LogP contribution in [0.15, 0.2) is 0 Å². The Morgan fingerprint density at radius 1 is 1.50 bits per heavy atom. The number of aliphatic hydroxyl groups is 1. The third-order valence-corrected chi connectivity index (χ3v) is 1.60. The summed E-state index contributed by atoms with van der Waals surface area (Å²) in [7, 11) is 0. The smallest absolute Gasteiger partial charge is 0.234 e. The molecule has 0 aromatic heterocycles. The molecule has 0 aromatic rings. The number of nitrogens with two attached hydrogens (primary N) is 2. The van der Waals surface area contributed by atoms with E-state index < -0.39 is 11.9 Å². The van der Waals surface area contributed by atoms with Crippen LogP contribution in [0.4, 0.5) is 0 Å². The molecule has 5 nitrogen and oxygen atoms in total. The lowest BCUT2D eigenvalue weighted by Crippen LogP contribution is -2.36. The van der Waals surface area contributed by atoms with E-state index in [4.69, 9.17) is 16.6 Å². The summed E-state index contributed by atoms with van der Waals surface area (Å²) in [6.07, 6.45) is 2.35. The minimum absolute atomic E-state index is 0.0120. The summed E-state index contributed by atoms with van der Waals surface area (Å²) in [6, 6.07) is -0.529. The number of primary amides is 1. The normalized spacial score (nSPS) is 12.8. The van der Waals surface area contributed by atoms with Crippen LogP contribution in [0.1, 0.15) is 19.3 Å². The van der Waals surface area contributed by atoms with Crippen LogP contribution in [0.3, 0.4) is 0 Å². The lowest BCUT2D eigenvalue weighted by molar-refractivity contribution is -0.119. The van der Waals surface area contributed by atoms with Crippen LogP contribution < -0.4 is 16.8 Å². The van der Waals surface area contributed by atoms with Gasteiger partial charge in [-0.25, -0.2) is 0 Å². The summed E-state index contributed by atoms with van der Waals surface area (Å²) >= 11 is 0. The topological polar surface area (TPSA) is 101 Å². The molecule has 1 atom stereocenters. The minimum atomic E-state index is -0.529. The Bertz CT molecular complexity index is 130. The van der Waals surface area contributed by atoms with Crippen molar-refractivity contribution in [2.75, 3.05) is 13.3 Å². The summed E-state index contributed by atoms with van der Waals surface area (Å²) in [5, 5.41) is 11.1. The Kier molecular flexibility index (Phi) is 6.64. The molecule has 0 saturated heterocycles. The molecule has 0 bridgehead atoms. The zero-order valence-corrected chi connectivity index (χ0v) is 7.12. The number of carbonyl (C=O) groups is 1. The highest BCUT2D eigenvalue weighted by atomic mass is 16.3. The van der Waals surface area contributed by atoms with Gasteiger partial charge in [0.1, 0.15) is 0 Å². The highest BCUT2D eigenvalue weighted by molar-refractivity contribution is 5.79. The van der Waals surface area contributed by atoms with Crippen molar-refractivity contribution in [1.82, 2.24) is 5.32 Å². The first-order valence-electron chi connectivity index (χ1n) is 4.05. The first-order chi connectivity index (χ1) is 5.68. The third kappa shape index (κ3) is 6.09. The number of aliphatic hydroxyl groups excluding tert-OH is 1. The summed E-state index contributed by atoms with van der Waals surface area (Å²) in [6.45, 7) is 0.726. The van der Waals surface area contributed by atoms with Gasteiger partial charge < -0.3 is 16.6 Å². The van der Waals surface area contributed by atoms with Crippen LogP contribution in [0.5, 0.6) is 0 Å². The number of unbranched alkanes of at least 4 members (excludes halogenated alkanes) is 1. The fourth-order valence-corrected chi connectivity index (χ4v) is 0.836. The zero-order valence-electron chi connectivity index (χ0n) is 7.12. The lowest BCUT2D eigenvalue weighted by atomic mass is 10.1. The van der Waals surface area contributed by atoms with E-state index in [1.54, 1.807) is 0 Å². The Labute approximate surface area is 72.1 Å². The van der Waals surface area contributed by atoms with Gasteiger partial charge in [0.15, 0.2) is 0 Å². The number of nitrogens with one attached hydrogen (secondary N) is 1. The predicted octanol–water partition coefficient (Wildman–Crippen LogP) is -1.49. The molecule has 0 spiro atoms. The third-order valence-electron chi connectivity index (χ3n) is 1.60. The standard InChI is InChI=1S/C7H17N3O2/c8-6(7(9)12)3-1-2-4-10-5-11/h6,10-11H,1-5,8H2,(H2,9,12)/t6-/m0/s1. The largest absolute Gasteiger partial charge is 0.381 e. The Hall–Kier alpha value is -0.650. The molecule has 0 aliphatic rings. The Balaban J connectivity index is 3.14. The quantitative estimate of drug-likeness (QED) is 0.279. The van der Waals surface area contributed by atoms with Gasteiger partial charge in [0.25, 0.3) is 0 Å². The van der Waals surface area contributed by atoms with Crippen molar-refractivity contribution in [3.05, 3.63) is 0 Å². The maximum atomic E-state index is 10.5. The molecular formula is C7H17N3O2. The van der Waals surface area contributed by atoms with Gasteiger partial charge >= 0.3 is 0 Å². The molecule has 6 N–H and O–H groups in total. The van der Waals surface area contributed by atoms with Gasteiger partial charge in [-0.1, -0.05) is 6.42 Å². The van der Waals surface area contributed by atoms with Gasteiger partial charge in [-0.2, -0.15) is 0 Å². The van der Waals surface area contributed by atoms with Gasteiger partial charge in [-0.3, -0.25) is 10.1 Å². The monoisotopic (exact) mass is 175 g/mol. The highest BCUT2D eigenvalue weighted by Gasteiger charge is 2.07. The molecule has 0 saturated carbocycles. The van der Waals surface area contributed by atoms with Crippen molar-refractivity contribution in [3.8, 4) is 0 Å². The predicted molar refractivity (Wildman–Crippen MR) is 46.1 cm³/mol. The van der Waals surface area contributed by atoms with Gasteiger partial charge in [0.05, 0.1) is 12.8 Å². The number of amides is 1. The molecule has 1 amide bonds. The van der Waals surface area contributed by atoms with Crippen LogP contribution in [-0.2, 0) is 4.79 Å². The summed E-state index contributed by atoms with van der Waals surface area (Å²) in [5.41, 5.74) is 10.3.